The average molecular weight is 224 g/mol. The Balaban J connectivity index is 2.79. The molecule has 0 spiro atoms. The molecule has 1 rings (SSSR count). The Labute approximate surface area is 94.8 Å². The van der Waals surface area contributed by atoms with E-state index in [4.69, 9.17) is 9.47 Å². The smallest absolute Gasteiger partial charge is 0.377 e. The molecule has 0 amide bonds. The van der Waals surface area contributed by atoms with Crippen molar-refractivity contribution in [1.29, 1.82) is 0 Å². The second-order valence-corrected chi connectivity index (χ2v) is 4.15. The van der Waals surface area contributed by atoms with Crippen LogP contribution in [0.1, 0.15) is 38.3 Å². The summed E-state index contributed by atoms with van der Waals surface area (Å²) in [5.41, 5.74) is -0.554. The normalized spacial score (nSPS) is 11.0. The van der Waals surface area contributed by atoms with Gasteiger partial charge in [0.2, 0.25) is 11.7 Å². The van der Waals surface area contributed by atoms with Crippen molar-refractivity contribution in [3.05, 3.63) is 18.1 Å². The summed E-state index contributed by atoms with van der Waals surface area (Å²) in [6.45, 7) is 7.70. The molecule has 0 saturated carbocycles. The van der Waals surface area contributed by atoms with Crippen LogP contribution < -0.4 is 4.74 Å². The van der Waals surface area contributed by atoms with Crippen molar-refractivity contribution < 1.29 is 14.3 Å². The van der Waals surface area contributed by atoms with Gasteiger partial charge in [0, 0.05) is 12.3 Å². The summed E-state index contributed by atoms with van der Waals surface area (Å²) in [5.74, 6) is -0.159. The van der Waals surface area contributed by atoms with Crippen molar-refractivity contribution >= 4 is 5.97 Å². The van der Waals surface area contributed by atoms with Gasteiger partial charge in [0.05, 0.1) is 6.61 Å². The molecule has 0 fully saturated rings. The molecule has 0 unspecified atom stereocenters. The lowest BCUT2D eigenvalue weighted by atomic mass is 10.2. The summed E-state index contributed by atoms with van der Waals surface area (Å²) >= 11 is 0. The first kappa shape index (κ1) is 12.4. The highest BCUT2D eigenvalue weighted by Crippen LogP contribution is 2.11. The number of ether oxygens (including phenoxy) is 2. The van der Waals surface area contributed by atoms with Gasteiger partial charge in [0.25, 0.3) is 0 Å². The van der Waals surface area contributed by atoms with Crippen LogP contribution in [0.4, 0.5) is 0 Å². The topological polar surface area (TPSA) is 61.3 Å². The zero-order valence-corrected chi connectivity index (χ0v) is 9.98. The lowest BCUT2D eigenvalue weighted by molar-refractivity contribution is 0.00543. The van der Waals surface area contributed by atoms with Crippen molar-refractivity contribution in [2.24, 2.45) is 0 Å². The molecule has 1 aromatic rings. The Hall–Kier alpha value is -1.65. The predicted octanol–water partition coefficient (Wildman–Crippen LogP) is 1.83. The number of esters is 1. The second-order valence-electron chi connectivity index (χ2n) is 4.15. The minimum Gasteiger partial charge on any atom is -0.478 e. The SMILES string of the molecule is CCOc1ccnc(C(=O)OC(C)(C)C)n1. The fourth-order valence-electron chi connectivity index (χ4n) is 0.992. The third-order valence-corrected chi connectivity index (χ3v) is 1.50. The zero-order chi connectivity index (χ0) is 12.2. The van der Waals surface area contributed by atoms with Crippen molar-refractivity contribution in [3.63, 3.8) is 0 Å². The molecule has 88 valence electrons. The monoisotopic (exact) mass is 224 g/mol. The molecular formula is C11H16N2O3. The fourth-order valence-corrected chi connectivity index (χ4v) is 0.992. The average Bonchev–Trinajstić information content (AvgIpc) is 2.16. The van der Waals surface area contributed by atoms with Crippen LogP contribution in [0, 0.1) is 0 Å². The van der Waals surface area contributed by atoms with Crippen LogP contribution in [0.25, 0.3) is 0 Å². The Bertz CT molecular complexity index is 372. The molecule has 1 heterocycles. The Morgan fingerprint density at radius 1 is 1.44 bits per heavy atom. The van der Waals surface area contributed by atoms with E-state index in [2.05, 4.69) is 9.97 Å². The number of hydrogen-bond donors (Lipinski definition) is 0. The molecule has 1 aromatic heterocycles. The summed E-state index contributed by atoms with van der Waals surface area (Å²) in [6.07, 6.45) is 1.47. The third kappa shape index (κ3) is 3.84. The molecule has 0 N–H and O–H groups in total. The maximum atomic E-state index is 11.6. The Morgan fingerprint density at radius 3 is 2.69 bits per heavy atom. The maximum Gasteiger partial charge on any atom is 0.377 e. The van der Waals surface area contributed by atoms with Crippen LogP contribution in [0.2, 0.25) is 0 Å². The van der Waals surface area contributed by atoms with Gasteiger partial charge in [0.1, 0.15) is 5.60 Å². The summed E-state index contributed by atoms with van der Waals surface area (Å²) < 4.78 is 10.3. The highest BCUT2D eigenvalue weighted by atomic mass is 16.6. The molecule has 0 aliphatic rings. The molecule has 0 saturated heterocycles. The van der Waals surface area contributed by atoms with Gasteiger partial charge in [0.15, 0.2) is 0 Å². The van der Waals surface area contributed by atoms with Crippen LogP contribution in [0.3, 0.4) is 0 Å². The van der Waals surface area contributed by atoms with E-state index in [0.29, 0.717) is 12.5 Å². The first-order valence-corrected chi connectivity index (χ1v) is 5.11. The van der Waals surface area contributed by atoms with Crippen molar-refractivity contribution in [1.82, 2.24) is 9.97 Å². The molecule has 0 aliphatic carbocycles. The van der Waals surface area contributed by atoms with E-state index < -0.39 is 11.6 Å². The van der Waals surface area contributed by atoms with Crippen molar-refractivity contribution in [3.8, 4) is 5.88 Å². The lowest BCUT2D eigenvalue weighted by Gasteiger charge is -2.18. The van der Waals surface area contributed by atoms with E-state index >= 15 is 0 Å². The Kier molecular flexibility index (Phi) is 3.82. The molecule has 0 aliphatic heterocycles. The van der Waals surface area contributed by atoms with Gasteiger partial charge >= 0.3 is 5.97 Å². The number of rotatable bonds is 3. The van der Waals surface area contributed by atoms with Gasteiger partial charge in [-0.1, -0.05) is 0 Å². The molecule has 0 radical (unpaired) electrons. The highest BCUT2D eigenvalue weighted by Gasteiger charge is 2.20. The van der Waals surface area contributed by atoms with Gasteiger partial charge in [-0.15, -0.1) is 0 Å². The molecule has 16 heavy (non-hydrogen) atoms. The van der Waals surface area contributed by atoms with E-state index in [9.17, 15) is 4.79 Å². The molecular weight excluding hydrogens is 208 g/mol. The first-order chi connectivity index (χ1) is 7.42. The van der Waals surface area contributed by atoms with E-state index in [-0.39, 0.29) is 5.82 Å². The van der Waals surface area contributed by atoms with Gasteiger partial charge in [-0.2, -0.15) is 4.98 Å². The van der Waals surface area contributed by atoms with Gasteiger partial charge in [-0.25, -0.2) is 9.78 Å². The van der Waals surface area contributed by atoms with Crippen LogP contribution in [-0.2, 0) is 4.74 Å². The Morgan fingerprint density at radius 2 is 2.12 bits per heavy atom. The molecule has 0 aromatic carbocycles. The van der Waals surface area contributed by atoms with Gasteiger partial charge in [-0.05, 0) is 27.7 Å². The number of nitrogens with zero attached hydrogens (tertiary/aromatic N) is 2. The summed E-state index contributed by atoms with van der Waals surface area (Å²) in [5, 5.41) is 0. The standard InChI is InChI=1S/C11H16N2O3/c1-5-15-8-6-7-12-9(13-8)10(14)16-11(2,3)4/h6-7H,5H2,1-4H3. The van der Waals surface area contributed by atoms with E-state index in [1.54, 1.807) is 26.8 Å². The zero-order valence-electron chi connectivity index (χ0n) is 9.98. The number of aromatic nitrogens is 2. The second kappa shape index (κ2) is 4.92. The van der Waals surface area contributed by atoms with Crippen molar-refractivity contribution in [2.45, 2.75) is 33.3 Å². The number of hydrogen-bond acceptors (Lipinski definition) is 5. The van der Waals surface area contributed by atoms with E-state index in [0.717, 1.165) is 0 Å². The van der Waals surface area contributed by atoms with E-state index in [1.165, 1.54) is 6.20 Å². The number of carbonyl (C=O) groups excluding carboxylic acids is 1. The molecule has 5 nitrogen and oxygen atoms in total. The predicted molar refractivity (Wildman–Crippen MR) is 58.4 cm³/mol. The van der Waals surface area contributed by atoms with Crippen LogP contribution in [0.5, 0.6) is 5.88 Å². The third-order valence-electron chi connectivity index (χ3n) is 1.50. The largest absolute Gasteiger partial charge is 0.478 e. The first-order valence-electron chi connectivity index (χ1n) is 5.11. The summed E-state index contributed by atoms with van der Waals surface area (Å²) in [4.78, 5) is 19.4. The fraction of sp³-hybridized carbons (Fsp3) is 0.545. The lowest BCUT2D eigenvalue weighted by Crippen LogP contribution is -2.25. The van der Waals surface area contributed by atoms with Crippen LogP contribution in [-0.4, -0.2) is 28.1 Å². The number of carbonyl (C=O) groups is 1. The molecule has 0 bridgehead atoms. The molecule has 5 heteroatoms. The van der Waals surface area contributed by atoms with Crippen molar-refractivity contribution in [2.75, 3.05) is 6.61 Å². The quantitative estimate of drug-likeness (QED) is 0.733. The minimum atomic E-state index is -0.554. The van der Waals surface area contributed by atoms with Crippen LogP contribution in [0.15, 0.2) is 12.3 Å². The van der Waals surface area contributed by atoms with Crippen LogP contribution >= 0.6 is 0 Å². The van der Waals surface area contributed by atoms with Gasteiger partial charge in [-0.3, -0.25) is 0 Å². The summed E-state index contributed by atoms with van der Waals surface area (Å²) in [7, 11) is 0. The highest BCUT2D eigenvalue weighted by molar-refractivity contribution is 5.85. The summed E-state index contributed by atoms with van der Waals surface area (Å²) in [6, 6.07) is 1.59. The maximum absolute atomic E-state index is 11.6. The molecule has 0 atom stereocenters. The minimum absolute atomic E-state index is 0.0147. The van der Waals surface area contributed by atoms with Gasteiger partial charge < -0.3 is 9.47 Å². The van der Waals surface area contributed by atoms with E-state index in [1.807, 2.05) is 6.92 Å².